The number of ether oxygens (including phenoxy) is 1. The molecule has 88 valence electrons. The summed E-state index contributed by atoms with van der Waals surface area (Å²) in [6.07, 6.45) is 1.34. The van der Waals surface area contributed by atoms with Crippen LogP contribution in [0.3, 0.4) is 0 Å². The van der Waals surface area contributed by atoms with Crippen molar-refractivity contribution >= 4 is 37.5 Å². The molecule has 4 heteroatoms. The molecule has 0 aromatic heterocycles. The maximum absolute atomic E-state index is 5.55. The predicted molar refractivity (Wildman–Crippen MR) is 74.0 cm³/mol. The highest BCUT2D eigenvalue weighted by Crippen LogP contribution is 2.34. The Kier molecular flexibility index (Phi) is 3.93. The molecule has 0 spiro atoms. The van der Waals surface area contributed by atoms with Crippen molar-refractivity contribution in [3.05, 3.63) is 26.6 Å². The van der Waals surface area contributed by atoms with E-state index in [4.69, 9.17) is 4.74 Å². The molecular weight excluding hydrogens is 334 g/mol. The van der Waals surface area contributed by atoms with Crippen molar-refractivity contribution in [2.45, 2.75) is 32.4 Å². The van der Waals surface area contributed by atoms with Gasteiger partial charge in [0.2, 0.25) is 0 Å². The second-order valence-corrected chi connectivity index (χ2v) is 5.93. The lowest BCUT2D eigenvalue weighted by Crippen LogP contribution is -2.27. The maximum Gasteiger partial charge on any atom is 0.0748 e. The van der Waals surface area contributed by atoms with Crippen molar-refractivity contribution in [1.29, 1.82) is 0 Å². The van der Waals surface area contributed by atoms with Gasteiger partial charge in [0.1, 0.15) is 0 Å². The first-order valence-corrected chi connectivity index (χ1v) is 7.00. The Morgan fingerprint density at radius 1 is 1.31 bits per heavy atom. The number of nitrogens with one attached hydrogen (secondary N) is 1. The van der Waals surface area contributed by atoms with Crippen LogP contribution in [0.2, 0.25) is 0 Å². The van der Waals surface area contributed by atoms with E-state index in [1.54, 1.807) is 0 Å². The van der Waals surface area contributed by atoms with Crippen molar-refractivity contribution in [2.24, 2.45) is 0 Å². The zero-order valence-corrected chi connectivity index (χ0v) is 12.6. The molecule has 0 amide bonds. The summed E-state index contributed by atoms with van der Waals surface area (Å²) in [5.74, 6) is 0. The van der Waals surface area contributed by atoms with Gasteiger partial charge in [-0.15, -0.1) is 0 Å². The second-order valence-electron chi connectivity index (χ2n) is 4.22. The summed E-state index contributed by atoms with van der Waals surface area (Å²) in [6, 6.07) is 4.64. The molecule has 2 rings (SSSR count). The first-order valence-electron chi connectivity index (χ1n) is 5.41. The molecule has 1 N–H and O–H groups in total. The van der Waals surface area contributed by atoms with Crippen LogP contribution in [0.4, 0.5) is 5.69 Å². The van der Waals surface area contributed by atoms with Crippen LogP contribution < -0.4 is 5.32 Å². The summed E-state index contributed by atoms with van der Waals surface area (Å²) < 4.78 is 7.74. The fourth-order valence-corrected chi connectivity index (χ4v) is 3.59. The highest BCUT2D eigenvalue weighted by molar-refractivity contribution is 9.11. The van der Waals surface area contributed by atoms with E-state index in [2.05, 4.69) is 63.2 Å². The Morgan fingerprint density at radius 3 is 2.44 bits per heavy atom. The zero-order valence-electron chi connectivity index (χ0n) is 9.39. The summed E-state index contributed by atoms with van der Waals surface area (Å²) in [7, 11) is 0. The third kappa shape index (κ3) is 2.60. The van der Waals surface area contributed by atoms with Crippen molar-refractivity contribution < 1.29 is 4.74 Å². The molecule has 1 fully saturated rings. The lowest BCUT2D eigenvalue weighted by atomic mass is 10.1. The van der Waals surface area contributed by atoms with E-state index in [0.29, 0.717) is 6.04 Å². The molecule has 2 nitrogen and oxygen atoms in total. The van der Waals surface area contributed by atoms with Crippen molar-refractivity contribution in [2.75, 3.05) is 11.9 Å². The average molecular weight is 349 g/mol. The van der Waals surface area contributed by atoms with E-state index >= 15 is 0 Å². The molecule has 1 aliphatic rings. The minimum Gasteiger partial charge on any atom is -0.378 e. The van der Waals surface area contributed by atoms with E-state index in [1.165, 1.54) is 5.56 Å². The van der Waals surface area contributed by atoms with Gasteiger partial charge in [-0.2, -0.15) is 0 Å². The van der Waals surface area contributed by atoms with Crippen molar-refractivity contribution in [3.8, 4) is 0 Å². The zero-order chi connectivity index (χ0) is 11.7. The quantitative estimate of drug-likeness (QED) is 0.868. The van der Waals surface area contributed by atoms with E-state index in [0.717, 1.165) is 27.7 Å². The van der Waals surface area contributed by atoms with Crippen LogP contribution >= 0.6 is 31.9 Å². The average Bonchev–Trinajstić information content (AvgIpc) is 2.57. The summed E-state index contributed by atoms with van der Waals surface area (Å²) in [5.41, 5.74) is 2.35. The number of rotatable bonds is 2. The monoisotopic (exact) mass is 347 g/mol. The third-order valence-corrected chi connectivity index (χ3v) is 4.14. The van der Waals surface area contributed by atoms with E-state index in [1.807, 2.05) is 0 Å². The topological polar surface area (TPSA) is 21.3 Å². The number of aryl methyl sites for hydroxylation is 1. The lowest BCUT2D eigenvalue weighted by Gasteiger charge is -2.20. The van der Waals surface area contributed by atoms with Crippen LogP contribution in [0.15, 0.2) is 21.1 Å². The molecule has 0 radical (unpaired) electrons. The Hall–Kier alpha value is -0.0600. The van der Waals surface area contributed by atoms with Crippen LogP contribution in [-0.2, 0) is 4.74 Å². The van der Waals surface area contributed by atoms with Gasteiger partial charge in [-0.25, -0.2) is 0 Å². The highest BCUT2D eigenvalue weighted by Gasteiger charge is 2.25. The minimum atomic E-state index is 0.278. The summed E-state index contributed by atoms with van der Waals surface area (Å²) in [4.78, 5) is 0. The van der Waals surface area contributed by atoms with E-state index in [9.17, 15) is 0 Å². The third-order valence-electron chi connectivity index (χ3n) is 2.89. The second kappa shape index (κ2) is 5.07. The Balaban J connectivity index is 2.21. The largest absolute Gasteiger partial charge is 0.378 e. The first-order chi connectivity index (χ1) is 7.58. The predicted octanol–water partition coefficient (Wildman–Crippen LogP) is 4.11. The molecule has 1 saturated heterocycles. The molecule has 1 aliphatic heterocycles. The maximum atomic E-state index is 5.55. The normalized spacial score (nSPS) is 24.8. The van der Waals surface area contributed by atoms with Gasteiger partial charge in [0.25, 0.3) is 0 Å². The van der Waals surface area contributed by atoms with Crippen LogP contribution in [0, 0.1) is 6.92 Å². The lowest BCUT2D eigenvalue weighted by molar-refractivity contribution is 0.121. The number of halogens is 2. The van der Waals surface area contributed by atoms with Gasteiger partial charge in [0.15, 0.2) is 0 Å². The number of hydrogen-bond donors (Lipinski definition) is 1. The number of anilines is 1. The molecular formula is C12H15Br2NO. The van der Waals surface area contributed by atoms with Gasteiger partial charge in [-0.3, -0.25) is 0 Å². The molecule has 0 bridgehead atoms. The Labute approximate surface area is 113 Å². The summed E-state index contributed by atoms with van der Waals surface area (Å²) in [6.45, 7) is 5.04. The fourth-order valence-electron chi connectivity index (χ4n) is 1.94. The van der Waals surface area contributed by atoms with Gasteiger partial charge >= 0.3 is 0 Å². The molecule has 16 heavy (non-hydrogen) atoms. The van der Waals surface area contributed by atoms with Crippen LogP contribution in [-0.4, -0.2) is 18.8 Å². The van der Waals surface area contributed by atoms with Gasteiger partial charge in [-0.1, -0.05) is 0 Å². The SMILES string of the molecule is Cc1cc(Br)c(NC2CCOC2C)c(Br)c1. The van der Waals surface area contributed by atoms with E-state index < -0.39 is 0 Å². The Bertz CT molecular complexity index is 372. The highest BCUT2D eigenvalue weighted by atomic mass is 79.9. The number of benzene rings is 1. The molecule has 1 aromatic carbocycles. The molecule has 0 saturated carbocycles. The molecule has 0 aliphatic carbocycles. The summed E-state index contributed by atoms with van der Waals surface area (Å²) >= 11 is 7.18. The van der Waals surface area contributed by atoms with Gasteiger partial charge in [-0.05, 0) is 69.8 Å². The molecule has 2 atom stereocenters. The molecule has 2 unspecified atom stereocenters. The molecule has 1 aromatic rings. The van der Waals surface area contributed by atoms with Crippen molar-refractivity contribution in [1.82, 2.24) is 0 Å². The van der Waals surface area contributed by atoms with Gasteiger partial charge in [0.05, 0.1) is 17.8 Å². The number of hydrogen-bond acceptors (Lipinski definition) is 2. The van der Waals surface area contributed by atoms with Gasteiger partial charge < -0.3 is 10.1 Å². The minimum absolute atomic E-state index is 0.278. The van der Waals surface area contributed by atoms with Gasteiger partial charge in [0, 0.05) is 15.6 Å². The fraction of sp³-hybridized carbons (Fsp3) is 0.500. The van der Waals surface area contributed by atoms with Crippen molar-refractivity contribution in [3.63, 3.8) is 0 Å². The Morgan fingerprint density at radius 2 is 1.94 bits per heavy atom. The van der Waals surface area contributed by atoms with Crippen LogP contribution in [0.5, 0.6) is 0 Å². The molecule has 1 heterocycles. The summed E-state index contributed by atoms with van der Waals surface area (Å²) in [5, 5.41) is 3.54. The standard InChI is InChI=1S/C12H15Br2NO/c1-7-5-9(13)12(10(14)6-7)15-11-3-4-16-8(11)2/h5-6,8,11,15H,3-4H2,1-2H3. The van der Waals surface area contributed by atoms with Crippen LogP contribution in [0.1, 0.15) is 18.9 Å². The smallest absolute Gasteiger partial charge is 0.0748 e. The van der Waals surface area contributed by atoms with E-state index in [-0.39, 0.29) is 6.10 Å². The van der Waals surface area contributed by atoms with Crippen LogP contribution in [0.25, 0.3) is 0 Å². The first kappa shape index (κ1) is 12.4.